The summed E-state index contributed by atoms with van der Waals surface area (Å²) in [5.41, 5.74) is 5.17. The van der Waals surface area contributed by atoms with Crippen molar-refractivity contribution in [2.45, 2.75) is 39.2 Å². The van der Waals surface area contributed by atoms with Crippen molar-refractivity contribution in [2.24, 2.45) is 11.7 Å². The van der Waals surface area contributed by atoms with Crippen LogP contribution in [-0.4, -0.2) is 58.5 Å². The summed E-state index contributed by atoms with van der Waals surface area (Å²) in [6.07, 6.45) is 1.81. The SMILES string of the molecule is CC(C)N(CC(=O)O)C(=O)N1CCC(CC(N)=O)CC1. The van der Waals surface area contributed by atoms with Crippen LogP contribution in [0, 0.1) is 5.92 Å². The number of nitrogens with zero attached hydrogens (tertiary/aromatic N) is 2. The number of carbonyl (C=O) groups excluding carboxylic acids is 2. The minimum absolute atomic E-state index is 0.165. The summed E-state index contributed by atoms with van der Waals surface area (Å²) in [5, 5.41) is 8.86. The van der Waals surface area contributed by atoms with E-state index >= 15 is 0 Å². The fraction of sp³-hybridized carbons (Fsp3) is 0.769. The van der Waals surface area contributed by atoms with Crippen LogP contribution < -0.4 is 5.73 Å². The van der Waals surface area contributed by atoms with Gasteiger partial charge in [0, 0.05) is 25.6 Å². The van der Waals surface area contributed by atoms with Crippen LogP contribution in [0.4, 0.5) is 4.79 Å². The molecule has 0 spiro atoms. The first-order valence-electron chi connectivity index (χ1n) is 6.87. The van der Waals surface area contributed by atoms with Gasteiger partial charge in [-0.15, -0.1) is 0 Å². The third-order valence-corrected chi connectivity index (χ3v) is 3.55. The van der Waals surface area contributed by atoms with Gasteiger partial charge in [-0.3, -0.25) is 9.59 Å². The van der Waals surface area contributed by atoms with Gasteiger partial charge in [-0.2, -0.15) is 0 Å². The summed E-state index contributed by atoms with van der Waals surface area (Å²) in [6.45, 7) is 4.37. The Morgan fingerprint density at radius 3 is 2.25 bits per heavy atom. The molecule has 1 heterocycles. The number of carbonyl (C=O) groups is 3. The molecule has 1 saturated heterocycles. The number of piperidine rings is 1. The van der Waals surface area contributed by atoms with Crippen LogP contribution in [0.25, 0.3) is 0 Å². The van der Waals surface area contributed by atoms with Crippen LogP contribution in [0.15, 0.2) is 0 Å². The van der Waals surface area contributed by atoms with Gasteiger partial charge in [-0.25, -0.2) is 4.79 Å². The van der Waals surface area contributed by atoms with Crippen LogP contribution in [0.3, 0.4) is 0 Å². The lowest BCUT2D eigenvalue weighted by Crippen LogP contribution is -2.50. The molecule has 7 nitrogen and oxygen atoms in total. The average molecular weight is 285 g/mol. The number of aliphatic carboxylic acids is 1. The molecule has 0 bridgehead atoms. The van der Waals surface area contributed by atoms with Gasteiger partial charge in [0.2, 0.25) is 5.91 Å². The van der Waals surface area contributed by atoms with Crippen molar-refractivity contribution in [3.05, 3.63) is 0 Å². The first-order chi connectivity index (χ1) is 9.31. The van der Waals surface area contributed by atoms with Crippen molar-refractivity contribution in [2.75, 3.05) is 19.6 Å². The lowest BCUT2D eigenvalue weighted by Gasteiger charge is -2.36. The zero-order chi connectivity index (χ0) is 15.3. The van der Waals surface area contributed by atoms with E-state index in [2.05, 4.69) is 0 Å². The summed E-state index contributed by atoms with van der Waals surface area (Å²) >= 11 is 0. The molecule has 1 aliphatic rings. The van der Waals surface area contributed by atoms with Crippen LogP contribution in [0.2, 0.25) is 0 Å². The fourth-order valence-electron chi connectivity index (χ4n) is 2.41. The number of hydrogen-bond donors (Lipinski definition) is 2. The third-order valence-electron chi connectivity index (χ3n) is 3.55. The van der Waals surface area contributed by atoms with Gasteiger partial charge in [0.1, 0.15) is 6.54 Å². The zero-order valence-electron chi connectivity index (χ0n) is 12.0. The number of hydrogen-bond acceptors (Lipinski definition) is 3. The van der Waals surface area contributed by atoms with Gasteiger partial charge in [-0.05, 0) is 32.6 Å². The maximum absolute atomic E-state index is 12.3. The Morgan fingerprint density at radius 2 is 1.85 bits per heavy atom. The largest absolute Gasteiger partial charge is 0.480 e. The molecule has 3 N–H and O–H groups in total. The number of amides is 3. The lowest BCUT2D eigenvalue weighted by molar-refractivity contribution is -0.138. The van der Waals surface area contributed by atoms with Gasteiger partial charge >= 0.3 is 12.0 Å². The monoisotopic (exact) mass is 285 g/mol. The van der Waals surface area contributed by atoms with E-state index in [0.717, 1.165) is 12.8 Å². The molecule has 0 atom stereocenters. The number of carboxylic acid groups (broad SMARTS) is 1. The first-order valence-corrected chi connectivity index (χ1v) is 6.87. The smallest absolute Gasteiger partial charge is 0.323 e. The third kappa shape index (κ3) is 4.71. The summed E-state index contributed by atoms with van der Waals surface area (Å²) in [4.78, 5) is 37.0. The molecule has 0 aromatic rings. The van der Waals surface area contributed by atoms with E-state index in [1.807, 2.05) is 0 Å². The van der Waals surface area contributed by atoms with Crippen molar-refractivity contribution >= 4 is 17.9 Å². The normalized spacial score (nSPS) is 16.2. The minimum atomic E-state index is -1.02. The van der Waals surface area contributed by atoms with Gasteiger partial charge < -0.3 is 20.6 Å². The Bertz CT molecular complexity index is 376. The second-order valence-corrected chi connectivity index (χ2v) is 5.50. The molecule has 20 heavy (non-hydrogen) atoms. The van der Waals surface area contributed by atoms with Crippen molar-refractivity contribution in [3.8, 4) is 0 Å². The molecule has 1 rings (SSSR count). The fourth-order valence-corrected chi connectivity index (χ4v) is 2.41. The summed E-state index contributed by atoms with van der Waals surface area (Å²) < 4.78 is 0. The molecule has 114 valence electrons. The molecule has 0 aliphatic carbocycles. The van der Waals surface area contributed by atoms with Gasteiger partial charge in [0.25, 0.3) is 0 Å². The molecule has 0 radical (unpaired) electrons. The molecule has 0 saturated carbocycles. The maximum Gasteiger partial charge on any atom is 0.323 e. The molecule has 1 fully saturated rings. The molecule has 0 aromatic heterocycles. The zero-order valence-corrected chi connectivity index (χ0v) is 12.0. The molecular formula is C13H23N3O4. The van der Waals surface area contributed by atoms with E-state index in [4.69, 9.17) is 10.8 Å². The Balaban J connectivity index is 2.55. The van der Waals surface area contributed by atoms with Crippen molar-refractivity contribution in [1.82, 2.24) is 9.80 Å². The highest BCUT2D eigenvalue weighted by molar-refractivity contribution is 5.80. The number of rotatable bonds is 5. The highest BCUT2D eigenvalue weighted by atomic mass is 16.4. The predicted octanol–water partition coefficient (Wildman–Crippen LogP) is 0.489. The number of carboxylic acids is 1. The summed E-state index contributed by atoms with van der Waals surface area (Å²) in [6, 6.07) is -0.415. The van der Waals surface area contributed by atoms with Crippen molar-refractivity contribution in [1.29, 1.82) is 0 Å². The van der Waals surface area contributed by atoms with E-state index in [0.29, 0.717) is 19.5 Å². The van der Waals surface area contributed by atoms with E-state index in [-0.39, 0.29) is 30.4 Å². The second-order valence-electron chi connectivity index (χ2n) is 5.50. The van der Waals surface area contributed by atoms with E-state index in [1.165, 1.54) is 4.90 Å². The highest BCUT2D eigenvalue weighted by Crippen LogP contribution is 2.21. The Morgan fingerprint density at radius 1 is 1.30 bits per heavy atom. The predicted molar refractivity (Wildman–Crippen MR) is 73.0 cm³/mol. The topological polar surface area (TPSA) is 104 Å². The van der Waals surface area contributed by atoms with Crippen LogP contribution in [0.1, 0.15) is 33.1 Å². The van der Waals surface area contributed by atoms with E-state index < -0.39 is 5.97 Å². The highest BCUT2D eigenvalue weighted by Gasteiger charge is 2.29. The Hall–Kier alpha value is -1.79. The molecule has 7 heteroatoms. The maximum atomic E-state index is 12.3. The Kier molecular flexibility index (Phi) is 5.79. The van der Waals surface area contributed by atoms with E-state index in [9.17, 15) is 14.4 Å². The summed E-state index contributed by atoms with van der Waals surface area (Å²) in [5.74, 6) is -1.11. The quantitative estimate of drug-likeness (QED) is 0.767. The average Bonchev–Trinajstić information content (AvgIpc) is 2.35. The van der Waals surface area contributed by atoms with Crippen LogP contribution in [0.5, 0.6) is 0 Å². The summed E-state index contributed by atoms with van der Waals surface area (Å²) in [7, 11) is 0. The molecule has 0 aromatic carbocycles. The van der Waals surface area contributed by atoms with Gasteiger partial charge in [0.15, 0.2) is 0 Å². The molecule has 1 aliphatic heterocycles. The Labute approximate surface area is 118 Å². The number of primary amides is 1. The van der Waals surface area contributed by atoms with Crippen molar-refractivity contribution in [3.63, 3.8) is 0 Å². The van der Waals surface area contributed by atoms with Crippen LogP contribution >= 0.6 is 0 Å². The van der Waals surface area contributed by atoms with Gasteiger partial charge in [-0.1, -0.05) is 0 Å². The standard InChI is InChI=1S/C13H23N3O4/c1-9(2)16(8-12(18)19)13(20)15-5-3-10(4-6-15)7-11(14)17/h9-10H,3-8H2,1-2H3,(H2,14,17)(H,18,19). The van der Waals surface area contributed by atoms with E-state index in [1.54, 1.807) is 18.7 Å². The number of urea groups is 1. The number of nitrogens with two attached hydrogens (primary N) is 1. The minimum Gasteiger partial charge on any atom is -0.480 e. The number of likely N-dealkylation sites (tertiary alicyclic amines) is 1. The second kappa shape index (κ2) is 7.12. The molecule has 0 unspecified atom stereocenters. The molecular weight excluding hydrogens is 262 g/mol. The van der Waals surface area contributed by atoms with Crippen LogP contribution in [-0.2, 0) is 9.59 Å². The first kappa shape index (κ1) is 16.3. The van der Waals surface area contributed by atoms with Gasteiger partial charge in [0.05, 0.1) is 0 Å². The van der Waals surface area contributed by atoms with Crippen molar-refractivity contribution < 1.29 is 19.5 Å². The lowest BCUT2D eigenvalue weighted by atomic mass is 9.93. The molecule has 3 amide bonds.